The van der Waals surface area contributed by atoms with E-state index in [0.29, 0.717) is 5.57 Å². The lowest BCUT2D eigenvalue weighted by atomic mass is 10.0. The average Bonchev–Trinajstić information content (AvgIpc) is 2.82. The third-order valence-corrected chi connectivity index (χ3v) is 8.14. The topological polar surface area (TPSA) is 191 Å². The maximum Gasteiger partial charge on any atom is 0.281 e. The number of amides is 3. The van der Waals surface area contributed by atoms with E-state index in [1.807, 2.05) is 0 Å². The van der Waals surface area contributed by atoms with Crippen LogP contribution < -0.4 is 20.7 Å². The van der Waals surface area contributed by atoms with E-state index in [1.54, 1.807) is 10.6 Å². The Labute approximate surface area is 209 Å². The molecule has 2 aliphatic heterocycles. The van der Waals surface area contributed by atoms with Crippen molar-refractivity contribution < 1.29 is 41.8 Å². The summed E-state index contributed by atoms with van der Waals surface area (Å²) in [6.07, 6.45) is 2.96. The van der Waals surface area contributed by atoms with Gasteiger partial charge in [-0.25, -0.2) is 4.57 Å². The Morgan fingerprint density at radius 2 is 1.83 bits per heavy atom. The molecule has 3 atom stereocenters. The monoisotopic (exact) mass is 532 g/mol. The van der Waals surface area contributed by atoms with Crippen LogP contribution >= 0.6 is 11.8 Å². The van der Waals surface area contributed by atoms with Crippen molar-refractivity contribution in [3.8, 4) is 0 Å². The number of β-lactam (4-membered cyclic amide) rings is 1. The SMILES string of the molecule is NC(=O)C1=C(C[n+]2ccc(C(=O)[O-])cc2)CS[C@H]2C(NC(=O)C(c3ccccc3)S(=O)(=O)O)C(=O)N12. The number of carbonyl (C=O) groups is 4. The van der Waals surface area contributed by atoms with E-state index in [0.717, 1.165) is 4.90 Å². The van der Waals surface area contributed by atoms with Crippen molar-refractivity contribution in [2.45, 2.75) is 23.2 Å². The molecule has 0 aliphatic carbocycles. The summed E-state index contributed by atoms with van der Waals surface area (Å²) >= 11 is 1.23. The van der Waals surface area contributed by atoms with Crippen molar-refractivity contribution in [3.63, 3.8) is 0 Å². The predicted molar refractivity (Wildman–Crippen MR) is 123 cm³/mol. The first-order valence-electron chi connectivity index (χ1n) is 10.5. The lowest BCUT2D eigenvalue weighted by Crippen LogP contribution is -2.71. The number of nitrogens with zero attached hydrogens (tertiary/aromatic N) is 2. The van der Waals surface area contributed by atoms with Crippen LogP contribution in [0.25, 0.3) is 0 Å². The van der Waals surface area contributed by atoms with Crippen LogP contribution in [0.4, 0.5) is 0 Å². The van der Waals surface area contributed by atoms with Crippen molar-refractivity contribution >= 4 is 45.6 Å². The van der Waals surface area contributed by atoms with E-state index in [9.17, 15) is 37.3 Å². The second-order valence-corrected chi connectivity index (χ2v) is 10.7. The van der Waals surface area contributed by atoms with Gasteiger partial charge in [-0.3, -0.25) is 23.8 Å². The van der Waals surface area contributed by atoms with Gasteiger partial charge < -0.3 is 21.0 Å². The van der Waals surface area contributed by atoms with Crippen LogP contribution in [0.2, 0.25) is 0 Å². The van der Waals surface area contributed by atoms with Gasteiger partial charge in [0.25, 0.3) is 21.9 Å². The first-order chi connectivity index (χ1) is 17.0. The molecule has 14 heteroatoms. The van der Waals surface area contributed by atoms with Gasteiger partial charge in [-0.1, -0.05) is 30.3 Å². The molecule has 0 bridgehead atoms. The number of hydrogen-bond acceptors (Lipinski definition) is 8. The lowest BCUT2D eigenvalue weighted by Gasteiger charge is -2.49. The fraction of sp³-hybridized carbons (Fsp3) is 0.227. The van der Waals surface area contributed by atoms with Crippen molar-refractivity contribution in [2.24, 2.45) is 5.73 Å². The van der Waals surface area contributed by atoms with Crippen LogP contribution in [0.15, 0.2) is 66.1 Å². The summed E-state index contributed by atoms with van der Waals surface area (Å²) in [5, 5.41) is 10.7. The normalized spacial score (nSPS) is 20.2. The average molecular weight is 533 g/mol. The first kappa shape index (κ1) is 25.3. The van der Waals surface area contributed by atoms with Gasteiger partial charge in [0, 0.05) is 29.0 Å². The van der Waals surface area contributed by atoms with Crippen LogP contribution in [-0.4, -0.2) is 58.7 Å². The number of rotatable bonds is 8. The van der Waals surface area contributed by atoms with Gasteiger partial charge in [-0.15, -0.1) is 11.8 Å². The molecule has 36 heavy (non-hydrogen) atoms. The number of thioether (sulfide) groups is 1. The number of aromatic carboxylic acids is 1. The zero-order valence-electron chi connectivity index (χ0n) is 18.4. The number of aromatic nitrogens is 1. The number of primary amides is 1. The number of carboxylic acids is 1. The van der Waals surface area contributed by atoms with Crippen molar-refractivity contribution in [1.29, 1.82) is 0 Å². The number of carbonyl (C=O) groups excluding carboxylic acids is 4. The highest BCUT2D eigenvalue weighted by molar-refractivity contribution is 8.00. The number of carboxylic acid groups (broad SMARTS) is 1. The van der Waals surface area contributed by atoms with Gasteiger partial charge in [0.15, 0.2) is 24.2 Å². The van der Waals surface area contributed by atoms with E-state index in [-0.39, 0.29) is 29.1 Å². The molecule has 1 fully saturated rings. The zero-order valence-corrected chi connectivity index (χ0v) is 20.1. The predicted octanol–water partition coefficient (Wildman–Crippen LogP) is -1.89. The molecule has 3 amide bonds. The number of nitrogens with two attached hydrogens (primary N) is 1. The third kappa shape index (κ3) is 4.82. The molecule has 4 N–H and O–H groups in total. The molecule has 2 aromatic rings. The van der Waals surface area contributed by atoms with E-state index in [2.05, 4.69) is 5.32 Å². The summed E-state index contributed by atoms with van der Waals surface area (Å²) < 4.78 is 35.1. The molecule has 0 radical (unpaired) electrons. The van der Waals surface area contributed by atoms with Crippen molar-refractivity contribution in [2.75, 3.05) is 5.75 Å². The number of nitrogens with one attached hydrogen (secondary N) is 1. The van der Waals surface area contributed by atoms with Crippen molar-refractivity contribution in [3.05, 3.63) is 77.3 Å². The molecule has 4 rings (SSSR count). The Bertz CT molecular complexity index is 1380. The molecule has 1 aromatic heterocycles. The van der Waals surface area contributed by atoms with Gasteiger partial charge in [-0.05, 0) is 5.56 Å². The fourth-order valence-electron chi connectivity index (χ4n) is 4.08. The van der Waals surface area contributed by atoms with Crippen LogP contribution in [0, 0.1) is 0 Å². The largest absolute Gasteiger partial charge is 0.545 e. The van der Waals surface area contributed by atoms with Gasteiger partial charge in [0.1, 0.15) is 17.1 Å². The van der Waals surface area contributed by atoms with E-state index < -0.39 is 50.5 Å². The van der Waals surface area contributed by atoms with Gasteiger partial charge >= 0.3 is 0 Å². The van der Waals surface area contributed by atoms with Crippen LogP contribution in [0.5, 0.6) is 0 Å². The maximum atomic E-state index is 12.9. The highest BCUT2D eigenvalue weighted by Crippen LogP contribution is 2.40. The van der Waals surface area contributed by atoms with Gasteiger partial charge in [-0.2, -0.15) is 8.42 Å². The lowest BCUT2D eigenvalue weighted by molar-refractivity contribution is -0.689. The first-order valence-corrected chi connectivity index (χ1v) is 13.0. The number of fused-ring (bicyclic) bond motifs is 1. The molecule has 12 nitrogen and oxygen atoms in total. The minimum Gasteiger partial charge on any atom is -0.545 e. The van der Waals surface area contributed by atoms with E-state index in [1.165, 1.54) is 60.6 Å². The molecule has 188 valence electrons. The Kier molecular flexibility index (Phi) is 6.84. The minimum absolute atomic E-state index is 0.0244. The second-order valence-electron chi connectivity index (χ2n) is 8.06. The van der Waals surface area contributed by atoms with Gasteiger partial charge in [0.05, 0.1) is 5.97 Å². The molecule has 1 aromatic carbocycles. The van der Waals surface area contributed by atoms with E-state index in [4.69, 9.17) is 5.73 Å². The Hall–Kier alpha value is -3.75. The van der Waals surface area contributed by atoms with Crippen LogP contribution in [-0.2, 0) is 31.0 Å². The molecule has 3 heterocycles. The highest BCUT2D eigenvalue weighted by atomic mass is 32.2. The number of hydrogen-bond donors (Lipinski definition) is 3. The smallest absolute Gasteiger partial charge is 0.281 e. The Morgan fingerprint density at radius 1 is 1.19 bits per heavy atom. The Morgan fingerprint density at radius 3 is 2.39 bits per heavy atom. The second kappa shape index (κ2) is 9.72. The molecular weight excluding hydrogens is 512 g/mol. The summed E-state index contributed by atoms with van der Waals surface area (Å²) in [5.74, 6) is -3.68. The molecule has 1 saturated heterocycles. The third-order valence-electron chi connectivity index (χ3n) is 5.72. The summed E-state index contributed by atoms with van der Waals surface area (Å²) in [7, 11) is -4.84. The quantitative estimate of drug-likeness (QED) is 0.198. The molecule has 0 spiro atoms. The molecule has 2 unspecified atom stereocenters. The number of pyridine rings is 1. The van der Waals surface area contributed by atoms with Gasteiger partial charge in [0.2, 0.25) is 5.91 Å². The fourth-order valence-corrected chi connectivity index (χ4v) is 6.25. The van der Waals surface area contributed by atoms with Crippen molar-refractivity contribution in [1.82, 2.24) is 10.2 Å². The highest BCUT2D eigenvalue weighted by Gasteiger charge is 2.55. The Balaban J connectivity index is 1.54. The molecule has 0 saturated carbocycles. The zero-order chi connectivity index (χ0) is 26.2. The summed E-state index contributed by atoms with van der Waals surface area (Å²) in [6.45, 7) is 0.144. The van der Waals surface area contributed by atoms with E-state index >= 15 is 0 Å². The summed E-state index contributed by atoms with van der Waals surface area (Å²) in [4.78, 5) is 50.1. The summed E-state index contributed by atoms with van der Waals surface area (Å²) in [5.41, 5.74) is 6.03. The molecular formula is C22H20N4O8S2. The standard InChI is InChI=1S/C22H20N4O8S2/c23-18(27)16-14(10-25-8-6-13(7-9-25)22(30)31)11-35-21-15(20(29)26(16)21)24-19(28)17(36(32,33)34)12-4-2-1-3-5-12/h1-9,15,17,21H,10-11H2,(H4-,23,24,27,28,30,31,32,33,34)/t15?,17?,21-/m0/s1. The van der Waals surface area contributed by atoms with Crippen LogP contribution in [0.3, 0.4) is 0 Å². The number of benzene rings is 1. The van der Waals surface area contributed by atoms with Crippen LogP contribution in [0.1, 0.15) is 21.2 Å². The summed E-state index contributed by atoms with van der Waals surface area (Å²) in [6, 6.07) is 8.86. The minimum atomic E-state index is -4.84. The maximum absolute atomic E-state index is 12.9. The molecule has 2 aliphatic rings.